The number of hydrogen-bond donors (Lipinski definition) is 1. The first-order chi connectivity index (χ1) is 16.1. The molecule has 0 amide bonds. The fraction of sp³-hybridized carbons (Fsp3) is 0.387. The number of carbonyl (C=O) groups is 1. The molecule has 0 radical (unpaired) electrons. The summed E-state index contributed by atoms with van der Waals surface area (Å²) in [5.41, 5.74) is 7.93. The van der Waals surface area contributed by atoms with E-state index in [0.717, 1.165) is 31.8 Å². The zero-order valence-electron chi connectivity index (χ0n) is 21.8. The number of unbranched alkanes of at least 4 members (excludes halogenated alkanes) is 3. The molecule has 0 aromatic heterocycles. The minimum absolute atomic E-state index is 0.272. The van der Waals surface area contributed by atoms with Crippen LogP contribution in [0.2, 0.25) is 0 Å². The number of benzene rings is 3. The number of aryl methyl sites for hydroxylation is 6. The molecular weight excluding hydrogens is 435 g/mol. The molecule has 0 aliphatic carbocycles. The third-order valence-corrected chi connectivity index (χ3v) is 11.8. The van der Waals surface area contributed by atoms with Crippen molar-refractivity contribution in [3.63, 3.8) is 0 Å². The molecule has 3 heteroatoms. The molecule has 1 N–H and O–H groups in total. The van der Waals surface area contributed by atoms with Crippen molar-refractivity contribution in [3.8, 4) is 0 Å². The summed E-state index contributed by atoms with van der Waals surface area (Å²) in [6.45, 7) is 13.3. The summed E-state index contributed by atoms with van der Waals surface area (Å²) in [4.78, 5) is 10.9. The fourth-order valence-electron chi connectivity index (χ4n) is 5.62. The third kappa shape index (κ3) is 6.36. The van der Waals surface area contributed by atoms with Crippen LogP contribution < -0.4 is 15.9 Å². The first-order valence-electron chi connectivity index (χ1n) is 12.6. The molecule has 0 atom stereocenters. The van der Waals surface area contributed by atoms with Crippen LogP contribution in [0.1, 0.15) is 65.5 Å². The van der Waals surface area contributed by atoms with Crippen molar-refractivity contribution in [1.29, 1.82) is 0 Å². The van der Waals surface area contributed by atoms with Crippen LogP contribution in [0.3, 0.4) is 0 Å². The number of carboxylic acids is 1. The minimum atomic E-state index is -2.31. The van der Waals surface area contributed by atoms with E-state index < -0.39 is 13.2 Å². The molecule has 3 aromatic rings. The predicted octanol–water partition coefficient (Wildman–Crippen LogP) is 6.60. The zero-order valence-corrected chi connectivity index (χ0v) is 22.8. The summed E-state index contributed by atoms with van der Waals surface area (Å²) in [6, 6.07) is 21.4. The Morgan fingerprint density at radius 3 is 1.21 bits per heavy atom. The molecule has 2 nitrogen and oxygen atoms in total. The van der Waals surface area contributed by atoms with Crippen LogP contribution in [-0.2, 0) is 4.79 Å². The van der Waals surface area contributed by atoms with Crippen LogP contribution in [0.15, 0.2) is 54.6 Å². The van der Waals surface area contributed by atoms with Crippen LogP contribution in [0.4, 0.5) is 0 Å². The standard InChI is InChI=1S/C31H41O2P/c1-22-13-23(2)17-28(16-22)34(12-10-8-7-9-11-31(32)33,29-18-24(3)14-25(4)19-29)30-20-26(5)15-27(6)21-30/h13-21,34H,7-12H2,1-6H3,(H,32,33). The van der Waals surface area contributed by atoms with E-state index in [1.165, 1.54) is 49.3 Å². The van der Waals surface area contributed by atoms with E-state index in [0.29, 0.717) is 0 Å². The predicted molar refractivity (Wildman–Crippen MR) is 151 cm³/mol. The van der Waals surface area contributed by atoms with E-state index in [4.69, 9.17) is 5.11 Å². The quantitative estimate of drug-likeness (QED) is 0.264. The number of hydrogen-bond acceptors (Lipinski definition) is 1. The summed E-state index contributed by atoms with van der Waals surface area (Å²) in [6.07, 6.45) is 5.33. The van der Waals surface area contributed by atoms with Crippen molar-refractivity contribution in [2.75, 3.05) is 6.16 Å². The fourth-order valence-corrected chi connectivity index (χ4v) is 11.1. The topological polar surface area (TPSA) is 37.3 Å². The van der Waals surface area contributed by atoms with E-state index in [9.17, 15) is 4.79 Å². The molecule has 3 rings (SSSR count). The Kier molecular flexibility index (Phi) is 8.72. The van der Waals surface area contributed by atoms with Crippen molar-refractivity contribution in [1.82, 2.24) is 0 Å². The van der Waals surface area contributed by atoms with Crippen molar-refractivity contribution in [3.05, 3.63) is 88.0 Å². The van der Waals surface area contributed by atoms with E-state index in [-0.39, 0.29) is 6.42 Å². The van der Waals surface area contributed by atoms with E-state index in [2.05, 4.69) is 96.1 Å². The average molecular weight is 477 g/mol. The molecule has 34 heavy (non-hydrogen) atoms. The van der Waals surface area contributed by atoms with Crippen molar-refractivity contribution in [2.24, 2.45) is 0 Å². The van der Waals surface area contributed by atoms with Crippen molar-refractivity contribution < 1.29 is 9.90 Å². The third-order valence-electron chi connectivity index (χ3n) is 6.84. The molecule has 0 heterocycles. The Bertz CT molecular complexity index is 976. The Labute approximate surface area is 206 Å². The maximum absolute atomic E-state index is 10.9. The molecule has 0 fully saturated rings. The van der Waals surface area contributed by atoms with E-state index >= 15 is 0 Å². The average Bonchev–Trinajstić information content (AvgIpc) is 2.71. The van der Waals surface area contributed by atoms with Gasteiger partial charge in [-0.15, -0.1) is 0 Å². The van der Waals surface area contributed by atoms with Gasteiger partial charge in [0, 0.05) is 0 Å². The molecule has 0 unspecified atom stereocenters. The van der Waals surface area contributed by atoms with Gasteiger partial charge in [0.05, 0.1) is 0 Å². The maximum atomic E-state index is 10.9. The Morgan fingerprint density at radius 1 is 0.559 bits per heavy atom. The van der Waals surface area contributed by atoms with Gasteiger partial charge in [0.25, 0.3) is 0 Å². The molecule has 0 spiro atoms. The first kappa shape index (κ1) is 26.2. The van der Waals surface area contributed by atoms with Gasteiger partial charge in [0.15, 0.2) is 0 Å². The van der Waals surface area contributed by atoms with Gasteiger partial charge < -0.3 is 0 Å². The van der Waals surface area contributed by atoms with Crippen LogP contribution in [0, 0.1) is 41.5 Å². The van der Waals surface area contributed by atoms with Crippen LogP contribution >= 0.6 is 7.26 Å². The summed E-state index contributed by atoms with van der Waals surface area (Å²) in [7, 11) is -2.31. The van der Waals surface area contributed by atoms with E-state index in [1.54, 1.807) is 0 Å². The molecule has 0 saturated carbocycles. The van der Waals surface area contributed by atoms with Crippen LogP contribution in [0.5, 0.6) is 0 Å². The summed E-state index contributed by atoms with van der Waals surface area (Å²) >= 11 is 0. The molecule has 0 bridgehead atoms. The second-order valence-electron chi connectivity index (χ2n) is 10.3. The van der Waals surface area contributed by atoms with Gasteiger partial charge in [-0.25, -0.2) is 0 Å². The molecule has 0 saturated heterocycles. The van der Waals surface area contributed by atoms with Crippen LogP contribution in [0.25, 0.3) is 0 Å². The first-order valence-corrected chi connectivity index (χ1v) is 14.8. The van der Waals surface area contributed by atoms with Gasteiger partial charge in [0.2, 0.25) is 0 Å². The van der Waals surface area contributed by atoms with Crippen molar-refractivity contribution >= 4 is 29.1 Å². The van der Waals surface area contributed by atoms with Gasteiger partial charge in [-0.1, -0.05) is 0 Å². The normalized spacial score (nSPS) is 12.1. The monoisotopic (exact) mass is 476 g/mol. The van der Waals surface area contributed by atoms with Gasteiger partial charge >= 0.3 is 207 Å². The Hall–Kier alpha value is -2.44. The molecule has 3 aromatic carbocycles. The van der Waals surface area contributed by atoms with Gasteiger partial charge in [-0.2, -0.15) is 0 Å². The number of aliphatic carboxylic acids is 1. The Morgan fingerprint density at radius 2 is 0.882 bits per heavy atom. The number of rotatable bonds is 10. The second kappa shape index (κ2) is 11.3. The molecular formula is C31H41O2P. The summed E-state index contributed by atoms with van der Waals surface area (Å²) < 4.78 is 0. The van der Waals surface area contributed by atoms with E-state index in [1.807, 2.05) is 0 Å². The Balaban J connectivity index is 2.19. The van der Waals surface area contributed by atoms with Gasteiger partial charge in [0.1, 0.15) is 0 Å². The van der Waals surface area contributed by atoms with Gasteiger partial charge in [-0.3, -0.25) is 0 Å². The summed E-state index contributed by atoms with van der Waals surface area (Å²) in [5.74, 6) is -0.690. The van der Waals surface area contributed by atoms with Crippen LogP contribution in [-0.4, -0.2) is 17.2 Å². The second-order valence-corrected chi connectivity index (χ2v) is 14.4. The summed E-state index contributed by atoms with van der Waals surface area (Å²) in [5, 5.41) is 13.5. The van der Waals surface area contributed by atoms with Gasteiger partial charge in [-0.05, 0) is 0 Å². The molecule has 0 aliphatic heterocycles. The number of carboxylic acid groups (broad SMARTS) is 1. The zero-order chi connectivity index (χ0) is 24.9. The molecule has 182 valence electrons. The van der Waals surface area contributed by atoms with Crippen molar-refractivity contribution in [2.45, 2.75) is 73.6 Å². The SMILES string of the molecule is Cc1cc(C)cc([PH](CCCCCCC(=O)O)(c2cc(C)cc(C)c2)c2cc(C)cc(C)c2)c1. The molecule has 0 aliphatic rings.